The number of hydrogen-bond donors (Lipinski definition) is 1. The summed E-state index contributed by atoms with van der Waals surface area (Å²) in [4.78, 5) is 0. The number of nitrogen functional groups attached to an aromatic ring is 1. The molecule has 0 heterocycles. The molecule has 0 saturated heterocycles. The van der Waals surface area contributed by atoms with E-state index in [4.69, 9.17) is 28.9 Å². The zero-order valence-electron chi connectivity index (χ0n) is 4.90. The quantitative estimate of drug-likeness (QED) is 0.636. The average molecular weight is 197 g/mol. The summed E-state index contributed by atoms with van der Waals surface area (Å²) in [6, 6.07) is 5.84. The first-order valence-electron chi connectivity index (χ1n) is 2.32. The van der Waals surface area contributed by atoms with Crippen LogP contribution in [0.4, 0.5) is 5.69 Å². The van der Waals surface area contributed by atoms with Crippen molar-refractivity contribution in [2.45, 2.75) is 0 Å². The summed E-state index contributed by atoms with van der Waals surface area (Å²) in [5.41, 5.74) is 5.93. The Morgan fingerprint density at radius 3 is 1.90 bits per heavy atom. The number of hydrogen-bond acceptors (Lipinski definition) is 1. The van der Waals surface area contributed by atoms with Gasteiger partial charge in [0.15, 0.2) is 0 Å². The van der Waals surface area contributed by atoms with Crippen molar-refractivity contribution in [1.29, 1.82) is 0 Å². The zero-order valence-corrected chi connectivity index (χ0v) is 7.22. The molecule has 4 heteroatoms. The molecule has 0 aromatic heterocycles. The van der Waals surface area contributed by atoms with Gasteiger partial charge in [0.2, 0.25) is 0 Å². The lowest BCUT2D eigenvalue weighted by atomic mass is 10.3. The van der Waals surface area contributed by atoms with Crippen molar-refractivity contribution < 1.29 is 0 Å². The standard InChI is InChI=1S/C6H4Cl2N.ClH/c7-4-1-5(8)3-6(9)2-4;/h2-3H,9H2;1H. The van der Waals surface area contributed by atoms with Crippen LogP contribution >= 0.6 is 35.6 Å². The van der Waals surface area contributed by atoms with E-state index in [2.05, 4.69) is 6.07 Å². The van der Waals surface area contributed by atoms with E-state index >= 15 is 0 Å². The molecule has 1 radical (unpaired) electrons. The van der Waals surface area contributed by atoms with E-state index in [0.29, 0.717) is 15.7 Å². The largest absolute Gasteiger partial charge is 0.399 e. The zero-order chi connectivity index (χ0) is 6.85. The second kappa shape index (κ2) is 3.91. The molecule has 0 aliphatic rings. The van der Waals surface area contributed by atoms with Crippen molar-refractivity contribution in [3.05, 3.63) is 28.2 Å². The third-order valence-corrected chi connectivity index (χ3v) is 1.23. The molecule has 0 aliphatic heterocycles. The van der Waals surface area contributed by atoms with Gasteiger partial charge in [0, 0.05) is 11.8 Å². The molecule has 1 rings (SSSR count). The summed E-state index contributed by atoms with van der Waals surface area (Å²) < 4.78 is 0. The van der Waals surface area contributed by atoms with Crippen LogP contribution in [0.3, 0.4) is 0 Å². The molecule has 0 amide bonds. The normalized spacial score (nSPS) is 8.60. The summed E-state index contributed by atoms with van der Waals surface area (Å²) >= 11 is 11.1. The van der Waals surface area contributed by atoms with Crippen molar-refractivity contribution in [3.8, 4) is 0 Å². The minimum absolute atomic E-state index is 0. The highest BCUT2D eigenvalue weighted by atomic mass is 35.5. The van der Waals surface area contributed by atoms with Crippen LogP contribution in [0.2, 0.25) is 10.0 Å². The molecule has 0 spiro atoms. The Balaban J connectivity index is 0.000000810. The van der Waals surface area contributed by atoms with Gasteiger partial charge in [0.05, 0.1) is 10.0 Å². The molecule has 10 heavy (non-hydrogen) atoms. The highest BCUT2D eigenvalue weighted by molar-refractivity contribution is 6.34. The maximum atomic E-state index is 5.53. The molecule has 0 unspecified atom stereocenters. The smallest absolute Gasteiger partial charge is 0.0520 e. The predicted molar refractivity (Wildman–Crippen MR) is 47.0 cm³/mol. The number of rotatable bonds is 0. The van der Waals surface area contributed by atoms with E-state index in [1.54, 1.807) is 12.1 Å². The maximum Gasteiger partial charge on any atom is 0.0520 e. The second-order valence-electron chi connectivity index (χ2n) is 1.61. The van der Waals surface area contributed by atoms with Crippen molar-refractivity contribution in [2.75, 3.05) is 5.73 Å². The van der Waals surface area contributed by atoms with Crippen LogP contribution in [0.5, 0.6) is 0 Å². The Morgan fingerprint density at radius 2 is 1.60 bits per heavy atom. The molecule has 0 fully saturated rings. The fourth-order valence-electron chi connectivity index (χ4n) is 0.521. The van der Waals surface area contributed by atoms with Crippen LogP contribution in [-0.2, 0) is 0 Å². The highest BCUT2D eigenvalue weighted by Crippen LogP contribution is 2.18. The fourth-order valence-corrected chi connectivity index (χ4v) is 1.02. The molecule has 1 aromatic rings. The Bertz CT molecular complexity index is 174. The van der Waals surface area contributed by atoms with E-state index in [1.165, 1.54) is 0 Å². The Kier molecular flexibility index (Phi) is 3.87. The van der Waals surface area contributed by atoms with E-state index in [9.17, 15) is 0 Å². The predicted octanol–water partition coefficient (Wildman–Crippen LogP) is 2.80. The Hall–Kier alpha value is -0.110. The van der Waals surface area contributed by atoms with Crippen LogP contribution in [0.15, 0.2) is 12.1 Å². The lowest BCUT2D eigenvalue weighted by molar-refractivity contribution is 1.67. The molecule has 1 aromatic carbocycles. The molecule has 0 aliphatic carbocycles. The molecule has 0 saturated carbocycles. The summed E-state index contributed by atoms with van der Waals surface area (Å²) in [7, 11) is 0. The van der Waals surface area contributed by atoms with Crippen LogP contribution in [0.1, 0.15) is 0 Å². The van der Waals surface area contributed by atoms with E-state index in [-0.39, 0.29) is 12.4 Å². The van der Waals surface area contributed by atoms with Crippen LogP contribution in [0.25, 0.3) is 0 Å². The van der Waals surface area contributed by atoms with Crippen molar-refractivity contribution >= 4 is 41.3 Å². The van der Waals surface area contributed by atoms with Gasteiger partial charge < -0.3 is 5.73 Å². The molecule has 1 nitrogen and oxygen atoms in total. The van der Waals surface area contributed by atoms with Gasteiger partial charge in [-0.1, -0.05) is 23.2 Å². The third kappa shape index (κ3) is 2.65. The van der Waals surface area contributed by atoms with Crippen molar-refractivity contribution in [1.82, 2.24) is 0 Å². The number of benzene rings is 1. The van der Waals surface area contributed by atoms with Gasteiger partial charge in [-0.05, 0) is 12.1 Å². The van der Waals surface area contributed by atoms with Crippen molar-refractivity contribution in [2.24, 2.45) is 0 Å². The van der Waals surface area contributed by atoms with E-state index < -0.39 is 0 Å². The van der Waals surface area contributed by atoms with E-state index in [0.717, 1.165) is 0 Å². The number of nitrogens with two attached hydrogens (primary N) is 1. The Labute approximate surface area is 75.5 Å². The maximum absolute atomic E-state index is 5.53. The van der Waals surface area contributed by atoms with Crippen LogP contribution < -0.4 is 5.73 Å². The van der Waals surface area contributed by atoms with Crippen LogP contribution in [0, 0.1) is 6.07 Å². The lowest BCUT2D eigenvalue weighted by Gasteiger charge is -1.93. The third-order valence-electron chi connectivity index (χ3n) is 0.826. The SMILES string of the molecule is Cl.Nc1cc(Cl)[c]c(Cl)c1. The second-order valence-corrected chi connectivity index (χ2v) is 2.42. The van der Waals surface area contributed by atoms with Gasteiger partial charge in [0.25, 0.3) is 0 Å². The number of anilines is 1. The Morgan fingerprint density at radius 1 is 1.20 bits per heavy atom. The molecular weight excluding hydrogens is 192 g/mol. The van der Waals surface area contributed by atoms with Gasteiger partial charge in [-0.25, -0.2) is 0 Å². The first kappa shape index (κ1) is 9.89. The molecule has 0 atom stereocenters. The first-order chi connectivity index (χ1) is 4.18. The topological polar surface area (TPSA) is 26.0 Å². The summed E-state index contributed by atoms with van der Waals surface area (Å²) in [5, 5.41) is 0.889. The van der Waals surface area contributed by atoms with Crippen molar-refractivity contribution in [3.63, 3.8) is 0 Å². The summed E-state index contributed by atoms with van der Waals surface area (Å²) in [6.07, 6.45) is 0. The van der Waals surface area contributed by atoms with Gasteiger partial charge in [-0.3, -0.25) is 0 Å². The molecule has 2 N–H and O–H groups in total. The van der Waals surface area contributed by atoms with E-state index in [1.807, 2.05) is 0 Å². The van der Waals surface area contributed by atoms with Gasteiger partial charge in [-0.15, -0.1) is 12.4 Å². The summed E-state index contributed by atoms with van der Waals surface area (Å²) in [5.74, 6) is 0. The van der Waals surface area contributed by atoms with Gasteiger partial charge >= 0.3 is 0 Å². The number of halogens is 3. The molecular formula is C6H5Cl3N. The van der Waals surface area contributed by atoms with Gasteiger partial charge in [-0.2, -0.15) is 0 Å². The minimum Gasteiger partial charge on any atom is -0.399 e. The highest BCUT2D eigenvalue weighted by Gasteiger charge is 1.92. The van der Waals surface area contributed by atoms with Crippen LogP contribution in [-0.4, -0.2) is 0 Å². The molecule has 0 bridgehead atoms. The summed E-state index contributed by atoms with van der Waals surface area (Å²) in [6.45, 7) is 0. The van der Waals surface area contributed by atoms with Gasteiger partial charge in [0.1, 0.15) is 0 Å². The average Bonchev–Trinajstić information content (AvgIpc) is 1.59. The lowest BCUT2D eigenvalue weighted by Crippen LogP contribution is -1.82. The molecule has 55 valence electrons. The fraction of sp³-hybridized carbons (Fsp3) is 0. The first-order valence-corrected chi connectivity index (χ1v) is 3.08. The minimum atomic E-state index is 0. The monoisotopic (exact) mass is 196 g/mol.